The van der Waals surface area contributed by atoms with Gasteiger partial charge in [0.2, 0.25) is 0 Å². The summed E-state index contributed by atoms with van der Waals surface area (Å²) in [5, 5.41) is 3.88. The van der Waals surface area contributed by atoms with E-state index >= 15 is 0 Å². The summed E-state index contributed by atoms with van der Waals surface area (Å²) in [7, 11) is 0. The quantitative estimate of drug-likeness (QED) is 0.629. The fourth-order valence-corrected chi connectivity index (χ4v) is 1.24. The molecule has 0 bridgehead atoms. The maximum absolute atomic E-state index is 13.4. The minimum atomic E-state index is -0.564. The second-order valence-corrected chi connectivity index (χ2v) is 2.73. The normalized spacial score (nSPS) is 10.6. The van der Waals surface area contributed by atoms with Gasteiger partial charge in [-0.25, -0.2) is 4.39 Å². The average Bonchev–Trinajstić information content (AvgIpc) is 2.49. The van der Waals surface area contributed by atoms with E-state index in [2.05, 4.69) is 5.16 Å². The first-order valence-corrected chi connectivity index (χ1v) is 3.73. The van der Waals surface area contributed by atoms with Gasteiger partial charge in [-0.1, -0.05) is 5.16 Å². The summed E-state index contributed by atoms with van der Waals surface area (Å²) in [6.45, 7) is 1.63. The Morgan fingerprint density at radius 3 is 3.00 bits per heavy atom. The van der Waals surface area contributed by atoms with Crippen molar-refractivity contribution in [2.24, 2.45) is 0 Å². The molecule has 66 valence electrons. The van der Waals surface area contributed by atoms with Gasteiger partial charge in [0.1, 0.15) is 5.82 Å². The summed E-state index contributed by atoms with van der Waals surface area (Å²) in [5.74, 6) is -0.564. The average molecular weight is 179 g/mol. The Balaban J connectivity index is 2.91. The zero-order valence-electron chi connectivity index (χ0n) is 6.87. The third-order valence-corrected chi connectivity index (χ3v) is 1.90. The van der Waals surface area contributed by atoms with Crippen LogP contribution in [0.25, 0.3) is 11.0 Å². The molecule has 0 aliphatic rings. The van der Waals surface area contributed by atoms with Gasteiger partial charge in [-0.2, -0.15) is 0 Å². The van der Waals surface area contributed by atoms with E-state index in [0.717, 1.165) is 0 Å². The number of carbonyl (C=O) groups is 1. The number of halogens is 1. The number of aryl methyl sites for hydroxylation is 1. The summed E-state index contributed by atoms with van der Waals surface area (Å²) in [4.78, 5) is 10.4. The van der Waals surface area contributed by atoms with Crippen LogP contribution in [0.5, 0.6) is 0 Å². The molecule has 0 atom stereocenters. The van der Waals surface area contributed by atoms with Crippen molar-refractivity contribution in [1.82, 2.24) is 5.16 Å². The van der Waals surface area contributed by atoms with Crippen LogP contribution in [0.1, 0.15) is 16.1 Å². The molecule has 13 heavy (non-hydrogen) atoms. The van der Waals surface area contributed by atoms with Crippen LogP contribution in [-0.2, 0) is 0 Å². The van der Waals surface area contributed by atoms with Crippen molar-refractivity contribution in [2.75, 3.05) is 0 Å². The van der Waals surface area contributed by atoms with Crippen molar-refractivity contribution in [3.05, 3.63) is 29.2 Å². The van der Waals surface area contributed by atoms with Crippen LogP contribution in [0.15, 0.2) is 16.7 Å². The number of hydrogen-bond donors (Lipinski definition) is 0. The first kappa shape index (κ1) is 7.91. The molecule has 0 radical (unpaired) electrons. The monoisotopic (exact) mass is 179 g/mol. The number of benzene rings is 1. The molecule has 0 aliphatic heterocycles. The molecular weight excluding hydrogens is 173 g/mol. The number of aromatic nitrogens is 1. The molecule has 0 amide bonds. The van der Waals surface area contributed by atoms with Crippen molar-refractivity contribution < 1.29 is 13.7 Å². The lowest BCUT2D eigenvalue weighted by atomic mass is 10.1. The number of fused-ring (bicyclic) bond motifs is 1. The van der Waals surface area contributed by atoms with Crippen molar-refractivity contribution in [3.8, 4) is 0 Å². The van der Waals surface area contributed by atoms with E-state index < -0.39 is 5.82 Å². The molecule has 3 nitrogen and oxygen atoms in total. The summed E-state index contributed by atoms with van der Waals surface area (Å²) in [6, 6.07) is 2.90. The highest BCUT2D eigenvalue weighted by atomic mass is 19.1. The minimum absolute atomic E-state index is 0.0267. The van der Waals surface area contributed by atoms with E-state index in [-0.39, 0.29) is 10.9 Å². The number of carbonyl (C=O) groups excluding carboxylic acids is 1. The lowest BCUT2D eigenvalue weighted by molar-refractivity contribution is 0.112. The second kappa shape index (κ2) is 2.65. The maximum atomic E-state index is 13.4. The van der Waals surface area contributed by atoms with Crippen LogP contribution >= 0.6 is 0 Å². The SMILES string of the molecule is Cc1noc2ccc(C=O)c(F)c12. The molecule has 0 saturated carbocycles. The van der Waals surface area contributed by atoms with Crippen molar-refractivity contribution in [3.63, 3.8) is 0 Å². The largest absolute Gasteiger partial charge is 0.356 e. The van der Waals surface area contributed by atoms with E-state index in [9.17, 15) is 9.18 Å². The molecule has 0 aliphatic carbocycles. The van der Waals surface area contributed by atoms with E-state index in [4.69, 9.17) is 4.52 Å². The molecule has 4 heteroatoms. The first-order chi connectivity index (χ1) is 6.24. The van der Waals surface area contributed by atoms with Gasteiger partial charge >= 0.3 is 0 Å². The minimum Gasteiger partial charge on any atom is -0.356 e. The number of aldehydes is 1. The topological polar surface area (TPSA) is 43.1 Å². The zero-order chi connectivity index (χ0) is 9.42. The highest BCUT2D eigenvalue weighted by molar-refractivity contribution is 5.88. The number of hydrogen-bond acceptors (Lipinski definition) is 3. The fourth-order valence-electron chi connectivity index (χ4n) is 1.24. The number of nitrogens with zero attached hydrogens (tertiary/aromatic N) is 1. The zero-order valence-corrected chi connectivity index (χ0v) is 6.87. The van der Waals surface area contributed by atoms with Gasteiger partial charge in [-0.3, -0.25) is 4.79 Å². The van der Waals surface area contributed by atoms with E-state index in [0.29, 0.717) is 17.6 Å². The molecule has 0 fully saturated rings. The van der Waals surface area contributed by atoms with Gasteiger partial charge < -0.3 is 4.52 Å². The van der Waals surface area contributed by atoms with E-state index in [1.165, 1.54) is 12.1 Å². The van der Waals surface area contributed by atoms with Gasteiger partial charge in [0.25, 0.3) is 0 Å². The van der Waals surface area contributed by atoms with Crippen LogP contribution in [-0.4, -0.2) is 11.4 Å². The van der Waals surface area contributed by atoms with E-state index in [1.807, 2.05) is 0 Å². The Bertz CT molecular complexity index is 476. The smallest absolute Gasteiger partial charge is 0.170 e. The highest BCUT2D eigenvalue weighted by Crippen LogP contribution is 2.22. The Hall–Kier alpha value is -1.71. The lowest BCUT2D eigenvalue weighted by Gasteiger charge is -1.94. The molecule has 2 rings (SSSR count). The van der Waals surface area contributed by atoms with Crippen LogP contribution in [0.4, 0.5) is 4.39 Å². The van der Waals surface area contributed by atoms with Crippen molar-refractivity contribution >= 4 is 17.3 Å². The maximum Gasteiger partial charge on any atom is 0.170 e. The molecular formula is C9H6FNO2. The van der Waals surface area contributed by atoms with E-state index in [1.54, 1.807) is 6.92 Å². The Kier molecular flexibility index (Phi) is 1.62. The van der Waals surface area contributed by atoms with Gasteiger partial charge in [0.15, 0.2) is 11.9 Å². The van der Waals surface area contributed by atoms with Crippen LogP contribution < -0.4 is 0 Å². The second-order valence-electron chi connectivity index (χ2n) is 2.73. The van der Waals surface area contributed by atoms with Gasteiger partial charge in [0.05, 0.1) is 16.6 Å². The number of rotatable bonds is 1. The van der Waals surface area contributed by atoms with Gasteiger partial charge in [0, 0.05) is 0 Å². The first-order valence-electron chi connectivity index (χ1n) is 3.73. The molecule has 0 unspecified atom stereocenters. The van der Waals surface area contributed by atoms with Crippen molar-refractivity contribution in [1.29, 1.82) is 0 Å². The third-order valence-electron chi connectivity index (χ3n) is 1.90. The van der Waals surface area contributed by atoms with Crippen LogP contribution in [0, 0.1) is 12.7 Å². The highest BCUT2D eigenvalue weighted by Gasteiger charge is 2.12. The predicted octanol–water partition coefficient (Wildman–Crippen LogP) is 2.09. The molecule has 1 heterocycles. The Morgan fingerprint density at radius 1 is 1.54 bits per heavy atom. The summed E-state index contributed by atoms with van der Waals surface area (Å²) < 4.78 is 18.3. The van der Waals surface area contributed by atoms with Crippen LogP contribution in [0.3, 0.4) is 0 Å². The molecule has 1 aromatic carbocycles. The predicted molar refractivity (Wildman–Crippen MR) is 44.1 cm³/mol. The Labute approximate surface area is 73.1 Å². The van der Waals surface area contributed by atoms with Crippen molar-refractivity contribution in [2.45, 2.75) is 6.92 Å². The lowest BCUT2D eigenvalue weighted by Crippen LogP contribution is -1.88. The summed E-state index contributed by atoms with van der Waals surface area (Å²) in [5.41, 5.74) is 0.843. The van der Waals surface area contributed by atoms with Crippen LogP contribution in [0.2, 0.25) is 0 Å². The van der Waals surface area contributed by atoms with Gasteiger partial charge in [-0.15, -0.1) is 0 Å². The Morgan fingerprint density at radius 2 is 2.31 bits per heavy atom. The fraction of sp³-hybridized carbons (Fsp3) is 0.111. The molecule has 0 spiro atoms. The summed E-state index contributed by atoms with van der Waals surface area (Å²) in [6.07, 6.45) is 0.473. The standard InChI is InChI=1S/C9H6FNO2/c1-5-8-7(13-11-5)3-2-6(4-12)9(8)10/h2-4H,1H3. The summed E-state index contributed by atoms with van der Waals surface area (Å²) >= 11 is 0. The van der Waals surface area contributed by atoms with Gasteiger partial charge in [-0.05, 0) is 19.1 Å². The molecule has 0 N–H and O–H groups in total. The molecule has 1 aromatic heterocycles. The molecule has 2 aromatic rings. The molecule has 0 saturated heterocycles. The third kappa shape index (κ3) is 1.02.